The summed E-state index contributed by atoms with van der Waals surface area (Å²) in [5.74, 6) is 2.22. The van der Waals surface area contributed by atoms with E-state index in [1.807, 2.05) is 0 Å². The molecule has 0 saturated carbocycles. The number of carbonyl (C=O) groups excluding carboxylic acids is 1. The molecule has 178 valence electrons. The van der Waals surface area contributed by atoms with Gasteiger partial charge in [-0.15, -0.1) is 12.4 Å². The van der Waals surface area contributed by atoms with Crippen LogP contribution in [0.15, 0.2) is 0 Å². The van der Waals surface area contributed by atoms with Crippen molar-refractivity contribution >= 4 is 18.3 Å². The minimum absolute atomic E-state index is 0. The average Bonchev–Trinajstić information content (AvgIpc) is 2.75. The van der Waals surface area contributed by atoms with E-state index in [1.165, 1.54) is 109 Å². The highest BCUT2D eigenvalue weighted by Crippen LogP contribution is 2.32. The number of likely N-dealkylation sites (tertiary alicyclic amines) is 2. The van der Waals surface area contributed by atoms with E-state index in [9.17, 15) is 4.79 Å². The van der Waals surface area contributed by atoms with Crippen molar-refractivity contribution in [3.63, 3.8) is 0 Å². The second kappa shape index (κ2) is 17.3. The molecule has 3 nitrogen and oxygen atoms in total. The fraction of sp³-hybridized carbons (Fsp3) is 0.962. The summed E-state index contributed by atoms with van der Waals surface area (Å²) in [7, 11) is 2.24. The zero-order valence-corrected chi connectivity index (χ0v) is 21.0. The average molecular weight is 443 g/mol. The van der Waals surface area contributed by atoms with Crippen LogP contribution in [0, 0.1) is 11.8 Å². The lowest BCUT2D eigenvalue weighted by molar-refractivity contribution is -0.133. The molecular formula is C26H51ClN2O. The Morgan fingerprint density at radius 3 is 1.53 bits per heavy atom. The molecule has 2 fully saturated rings. The van der Waals surface area contributed by atoms with E-state index in [0.717, 1.165) is 37.8 Å². The number of piperidine rings is 2. The summed E-state index contributed by atoms with van der Waals surface area (Å²) < 4.78 is 0. The van der Waals surface area contributed by atoms with Crippen LogP contribution in [0.25, 0.3) is 0 Å². The molecular weight excluding hydrogens is 392 g/mol. The monoisotopic (exact) mass is 442 g/mol. The Balaban J connectivity index is 0.00000450. The Kier molecular flexibility index (Phi) is 16.0. The molecule has 0 aromatic heterocycles. The molecule has 0 aromatic rings. The maximum absolute atomic E-state index is 12.5. The number of unbranched alkanes of at least 4 members (excludes halogenated alkanes) is 11. The molecule has 0 bridgehead atoms. The van der Waals surface area contributed by atoms with Gasteiger partial charge in [-0.05, 0) is 64.1 Å². The highest BCUT2D eigenvalue weighted by Gasteiger charge is 2.29. The number of nitrogens with zero attached hydrogens (tertiary/aromatic N) is 2. The summed E-state index contributed by atoms with van der Waals surface area (Å²) in [4.78, 5) is 17.2. The van der Waals surface area contributed by atoms with Crippen molar-refractivity contribution < 1.29 is 4.79 Å². The van der Waals surface area contributed by atoms with Crippen molar-refractivity contribution in [3.8, 4) is 0 Å². The maximum atomic E-state index is 12.5. The predicted molar refractivity (Wildman–Crippen MR) is 132 cm³/mol. The third-order valence-corrected chi connectivity index (χ3v) is 7.57. The van der Waals surface area contributed by atoms with Gasteiger partial charge in [-0.1, -0.05) is 77.6 Å². The van der Waals surface area contributed by atoms with Gasteiger partial charge >= 0.3 is 0 Å². The van der Waals surface area contributed by atoms with Gasteiger partial charge in [-0.2, -0.15) is 0 Å². The van der Waals surface area contributed by atoms with Crippen LogP contribution in [-0.2, 0) is 4.79 Å². The number of hydrogen-bond acceptors (Lipinski definition) is 2. The molecule has 2 aliphatic heterocycles. The second-order valence-corrected chi connectivity index (χ2v) is 10.00. The number of halogens is 1. The van der Waals surface area contributed by atoms with E-state index in [1.54, 1.807) is 0 Å². The van der Waals surface area contributed by atoms with Crippen LogP contribution >= 0.6 is 12.4 Å². The van der Waals surface area contributed by atoms with Crippen LogP contribution in [-0.4, -0.2) is 48.9 Å². The quantitative estimate of drug-likeness (QED) is 0.268. The Labute approximate surface area is 194 Å². The Morgan fingerprint density at radius 1 is 0.667 bits per heavy atom. The topological polar surface area (TPSA) is 23.6 Å². The highest BCUT2D eigenvalue weighted by atomic mass is 35.5. The summed E-state index contributed by atoms with van der Waals surface area (Å²) in [6.45, 7) is 6.86. The van der Waals surface area contributed by atoms with Gasteiger partial charge in [0.1, 0.15) is 0 Å². The Morgan fingerprint density at radius 2 is 1.07 bits per heavy atom. The molecule has 2 aliphatic rings. The van der Waals surface area contributed by atoms with Gasteiger partial charge in [0, 0.05) is 19.5 Å². The molecule has 0 spiro atoms. The first-order valence-corrected chi connectivity index (χ1v) is 13.2. The van der Waals surface area contributed by atoms with Crippen LogP contribution in [0.5, 0.6) is 0 Å². The molecule has 2 heterocycles. The largest absolute Gasteiger partial charge is 0.343 e. The Hall–Kier alpha value is -0.280. The van der Waals surface area contributed by atoms with Crippen molar-refractivity contribution in [2.24, 2.45) is 11.8 Å². The van der Waals surface area contributed by atoms with Crippen LogP contribution < -0.4 is 0 Å². The predicted octanol–water partition coefficient (Wildman–Crippen LogP) is 7.08. The van der Waals surface area contributed by atoms with E-state index in [0.29, 0.717) is 5.91 Å². The molecule has 0 aromatic carbocycles. The lowest BCUT2D eigenvalue weighted by atomic mass is 9.79. The minimum Gasteiger partial charge on any atom is -0.343 e. The van der Waals surface area contributed by atoms with Gasteiger partial charge in [0.05, 0.1) is 0 Å². The third kappa shape index (κ3) is 11.4. The van der Waals surface area contributed by atoms with Crippen LogP contribution in [0.1, 0.15) is 116 Å². The normalized spacial score (nSPS) is 19.1. The molecule has 30 heavy (non-hydrogen) atoms. The fourth-order valence-corrected chi connectivity index (χ4v) is 5.40. The molecule has 1 amide bonds. The number of rotatable bonds is 14. The van der Waals surface area contributed by atoms with Gasteiger partial charge in [-0.3, -0.25) is 4.79 Å². The smallest absolute Gasteiger partial charge is 0.222 e. The molecule has 0 aliphatic carbocycles. The van der Waals surface area contributed by atoms with Crippen molar-refractivity contribution in [3.05, 3.63) is 0 Å². The Bertz CT molecular complexity index is 415. The van der Waals surface area contributed by atoms with Gasteiger partial charge in [0.2, 0.25) is 5.91 Å². The standard InChI is InChI=1S/C26H50N2O.ClH/c1-3-4-5-6-7-8-9-10-11-12-13-14-15-26(29)28-22-18-25(19-23-28)24-16-20-27(2)21-17-24;/h24-25H,3-23H2,1-2H3;1H. The third-order valence-electron chi connectivity index (χ3n) is 7.57. The van der Waals surface area contributed by atoms with E-state index in [2.05, 4.69) is 23.8 Å². The van der Waals surface area contributed by atoms with E-state index >= 15 is 0 Å². The number of hydrogen-bond donors (Lipinski definition) is 0. The van der Waals surface area contributed by atoms with Gasteiger partial charge in [0.25, 0.3) is 0 Å². The fourth-order valence-electron chi connectivity index (χ4n) is 5.40. The second-order valence-electron chi connectivity index (χ2n) is 10.00. The summed E-state index contributed by atoms with van der Waals surface area (Å²) >= 11 is 0. The number of carbonyl (C=O) groups is 1. The van der Waals surface area contributed by atoms with Crippen LogP contribution in [0.3, 0.4) is 0 Å². The highest BCUT2D eigenvalue weighted by molar-refractivity contribution is 5.85. The zero-order chi connectivity index (χ0) is 20.7. The van der Waals surface area contributed by atoms with E-state index < -0.39 is 0 Å². The van der Waals surface area contributed by atoms with Gasteiger partial charge in [-0.25, -0.2) is 0 Å². The SMILES string of the molecule is CCCCCCCCCCCCCCC(=O)N1CCC(C2CCN(C)CC2)CC1.Cl. The first-order chi connectivity index (χ1) is 14.2. The van der Waals surface area contributed by atoms with Crippen molar-refractivity contribution in [1.29, 1.82) is 0 Å². The molecule has 0 unspecified atom stereocenters. The van der Waals surface area contributed by atoms with E-state index in [4.69, 9.17) is 0 Å². The van der Waals surface area contributed by atoms with Crippen LogP contribution in [0.2, 0.25) is 0 Å². The van der Waals surface area contributed by atoms with Crippen molar-refractivity contribution in [1.82, 2.24) is 9.80 Å². The van der Waals surface area contributed by atoms with Crippen LogP contribution in [0.4, 0.5) is 0 Å². The summed E-state index contributed by atoms with van der Waals surface area (Å²) in [5.41, 5.74) is 0. The first-order valence-electron chi connectivity index (χ1n) is 13.2. The molecule has 4 heteroatoms. The summed E-state index contributed by atoms with van der Waals surface area (Å²) in [5, 5.41) is 0. The van der Waals surface area contributed by atoms with Gasteiger partial charge in [0.15, 0.2) is 0 Å². The summed E-state index contributed by atoms with van der Waals surface area (Å²) in [6, 6.07) is 0. The lowest BCUT2D eigenvalue weighted by Gasteiger charge is -2.39. The van der Waals surface area contributed by atoms with Crippen molar-refractivity contribution in [2.45, 2.75) is 116 Å². The van der Waals surface area contributed by atoms with E-state index in [-0.39, 0.29) is 12.4 Å². The molecule has 2 saturated heterocycles. The zero-order valence-electron chi connectivity index (χ0n) is 20.2. The molecule has 0 N–H and O–H groups in total. The lowest BCUT2D eigenvalue weighted by Crippen LogP contribution is -2.42. The van der Waals surface area contributed by atoms with Gasteiger partial charge < -0.3 is 9.80 Å². The maximum Gasteiger partial charge on any atom is 0.222 e. The molecule has 2 rings (SSSR count). The first kappa shape index (κ1) is 27.8. The molecule has 0 radical (unpaired) electrons. The number of amides is 1. The van der Waals surface area contributed by atoms with Crippen molar-refractivity contribution in [2.75, 3.05) is 33.2 Å². The minimum atomic E-state index is 0. The molecule has 0 atom stereocenters. The summed E-state index contributed by atoms with van der Waals surface area (Å²) in [6.07, 6.45) is 22.4.